The quantitative estimate of drug-likeness (QED) is 0.734. The predicted molar refractivity (Wildman–Crippen MR) is 47.0 cm³/mol. The third-order valence-corrected chi connectivity index (χ3v) is 3.29. The molecular weight excluding hydrogens is 193 g/mol. The average molecular weight is 208 g/mol. The molecule has 1 N–H and O–H groups in total. The molecule has 1 aliphatic heterocycles. The Morgan fingerprint density at radius 1 is 1.36 bits per heavy atom. The Labute approximate surface area is 81.5 Å². The van der Waals surface area contributed by atoms with Crippen molar-refractivity contribution in [2.75, 3.05) is 26.7 Å². The number of hydrogen-bond acceptors (Lipinski definition) is 2. The minimum Gasteiger partial charge on any atom is -0.317 e. The van der Waals surface area contributed by atoms with Gasteiger partial charge in [-0.3, -0.25) is 4.90 Å². The van der Waals surface area contributed by atoms with Crippen molar-refractivity contribution in [3.05, 3.63) is 0 Å². The Balaban J connectivity index is 1.71. The Morgan fingerprint density at radius 3 is 2.36 bits per heavy atom. The zero-order chi connectivity index (χ0) is 10.4. The van der Waals surface area contributed by atoms with E-state index in [1.165, 1.54) is 4.90 Å². The monoisotopic (exact) mass is 208 g/mol. The van der Waals surface area contributed by atoms with Crippen LogP contribution in [0.25, 0.3) is 0 Å². The summed E-state index contributed by atoms with van der Waals surface area (Å²) in [5.74, 6) is 0. The van der Waals surface area contributed by atoms with Crippen LogP contribution in [-0.4, -0.2) is 43.8 Å². The maximum atomic E-state index is 12.0. The van der Waals surface area contributed by atoms with Crippen LogP contribution in [-0.2, 0) is 0 Å². The first-order valence-corrected chi connectivity index (χ1v) is 4.89. The van der Waals surface area contributed by atoms with Crippen molar-refractivity contribution in [3.63, 3.8) is 0 Å². The van der Waals surface area contributed by atoms with Gasteiger partial charge in [0.2, 0.25) is 0 Å². The lowest BCUT2D eigenvalue weighted by atomic mass is 9.61. The normalized spacial score (nSPS) is 27.4. The predicted octanol–water partition coefficient (Wildman–Crippen LogP) is 1.23. The van der Waals surface area contributed by atoms with Gasteiger partial charge < -0.3 is 5.32 Å². The Morgan fingerprint density at radius 2 is 1.93 bits per heavy atom. The first-order valence-electron chi connectivity index (χ1n) is 4.89. The van der Waals surface area contributed by atoms with E-state index in [9.17, 15) is 13.2 Å². The van der Waals surface area contributed by atoms with Gasteiger partial charge in [-0.25, -0.2) is 0 Å². The van der Waals surface area contributed by atoms with Gasteiger partial charge in [-0.15, -0.1) is 0 Å². The van der Waals surface area contributed by atoms with E-state index in [1.54, 1.807) is 0 Å². The van der Waals surface area contributed by atoms with Gasteiger partial charge in [0, 0.05) is 19.1 Å². The zero-order valence-electron chi connectivity index (χ0n) is 8.19. The summed E-state index contributed by atoms with van der Waals surface area (Å²) >= 11 is 0. The molecule has 1 heterocycles. The van der Waals surface area contributed by atoms with E-state index in [0.29, 0.717) is 19.1 Å². The molecule has 0 radical (unpaired) electrons. The fourth-order valence-corrected chi connectivity index (χ4v) is 2.72. The van der Waals surface area contributed by atoms with E-state index < -0.39 is 12.7 Å². The van der Waals surface area contributed by atoms with Crippen LogP contribution in [0.15, 0.2) is 0 Å². The first-order chi connectivity index (χ1) is 6.42. The molecule has 2 nitrogen and oxygen atoms in total. The second-order valence-electron chi connectivity index (χ2n) is 4.65. The molecule has 2 rings (SSSR count). The third kappa shape index (κ3) is 1.88. The molecule has 0 bridgehead atoms. The van der Waals surface area contributed by atoms with E-state index in [0.717, 1.165) is 12.8 Å². The average Bonchev–Trinajstić information content (AvgIpc) is 1.88. The fourth-order valence-electron chi connectivity index (χ4n) is 2.72. The van der Waals surface area contributed by atoms with Crippen molar-refractivity contribution in [2.24, 2.45) is 5.41 Å². The number of halogens is 3. The number of rotatable bonds is 2. The highest BCUT2D eigenvalue weighted by Gasteiger charge is 2.53. The summed E-state index contributed by atoms with van der Waals surface area (Å²) in [6.07, 6.45) is -1.95. The highest BCUT2D eigenvalue weighted by molar-refractivity contribution is 5.06. The first kappa shape index (κ1) is 10.2. The molecule has 14 heavy (non-hydrogen) atoms. The number of likely N-dealkylation sites (tertiary alicyclic amines) is 1. The van der Waals surface area contributed by atoms with Crippen LogP contribution in [0.5, 0.6) is 0 Å². The van der Waals surface area contributed by atoms with Gasteiger partial charge in [0.1, 0.15) is 0 Å². The summed E-state index contributed by atoms with van der Waals surface area (Å²) in [6.45, 7) is 0.522. The van der Waals surface area contributed by atoms with E-state index >= 15 is 0 Å². The van der Waals surface area contributed by atoms with Crippen molar-refractivity contribution in [2.45, 2.75) is 25.1 Å². The minimum absolute atomic E-state index is 0.221. The van der Waals surface area contributed by atoms with E-state index in [1.807, 2.05) is 7.05 Å². The highest BCUT2D eigenvalue weighted by atomic mass is 19.4. The molecule has 2 fully saturated rings. The van der Waals surface area contributed by atoms with Gasteiger partial charge in [0.05, 0.1) is 6.54 Å². The Hall–Kier alpha value is -0.290. The topological polar surface area (TPSA) is 15.3 Å². The lowest BCUT2D eigenvalue weighted by Crippen LogP contribution is -2.66. The Bertz CT molecular complexity index is 213. The van der Waals surface area contributed by atoms with Gasteiger partial charge >= 0.3 is 6.18 Å². The van der Waals surface area contributed by atoms with Crippen LogP contribution in [0.4, 0.5) is 13.2 Å². The van der Waals surface area contributed by atoms with Gasteiger partial charge in [-0.2, -0.15) is 13.2 Å². The highest BCUT2D eigenvalue weighted by Crippen LogP contribution is 2.48. The summed E-state index contributed by atoms with van der Waals surface area (Å²) in [5, 5.41) is 3.15. The molecule has 0 atom stereocenters. The van der Waals surface area contributed by atoms with Crippen LogP contribution in [0.3, 0.4) is 0 Å². The molecule has 1 aliphatic carbocycles. The van der Waals surface area contributed by atoms with Crippen LogP contribution >= 0.6 is 0 Å². The van der Waals surface area contributed by atoms with Gasteiger partial charge in [0.25, 0.3) is 0 Å². The summed E-state index contributed by atoms with van der Waals surface area (Å²) < 4.78 is 36.0. The summed E-state index contributed by atoms with van der Waals surface area (Å²) in [6, 6.07) is 0.531. The number of alkyl halides is 3. The maximum Gasteiger partial charge on any atom is 0.401 e. The van der Waals surface area contributed by atoms with Crippen molar-refractivity contribution in [1.29, 1.82) is 0 Å². The number of hydrogen-bond donors (Lipinski definition) is 1. The molecule has 1 saturated heterocycles. The molecule has 0 aromatic rings. The molecule has 0 amide bonds. The van der Waals surface area contributed by atoms with Gasteiger partial charge in [-0.1, -0.05) is 0 Å². The number of nitrogens with one attached hydrogen (secondary N) is 1. The molecule has 2 aliphatic rings. The maximum absolute atomic E-state index is 12.0. The molecule has 82 valence electrons. The minimum atomic E-state index is -4.03. The number of nitrogens with zero attached hydrogens (tertiary/aromatic N) is 1. The molecule has 5 heteroatoms. The second-order valence-corrected chi connectivity index (χ2v) is 4.65. The summed E-state index contributed by atoms with van der Waals surface area (Å²) in [5.41, 5.74) is 0.221. The van der Waals surface area contributed by atoms with Crippen molar-refractivity contribution in [1.82, 2.24) is 10.2 Å². The molecule has 0 unspecified atom stereocenters. The van der Waals surface area contributed by atoms with Crippen molar-refractivity contribution in [3.8, 4) is 0 Å². The fraction of sp³-hybridized carbons (Fsp3) is 1.00. The summed E-state index contributed by atoms with van der Waals surface area (Å²) in [7, 11) is 1.91. The van der Waals surface area contributed by atoms with Crippen LogP contribution in [0, 0.1) is 5.41 Å². The lowest BCUT2D eigenvalue weighted by molar-refractivity contribution is -0.182. The second kappa shape index (κ2) is 3.10. The molecule has 1 spiro atoms. The van der Waals surface area contributed by atoms with Crippen molar-refractivity contribution < 1.29 is 13.2 Å². The largest absolute Gasteiger partial charge is 0.401 e. The van der Waals surface area contributed by atoms with Crippen LogP contribution in [0.2, 0.25) is 0 Å². The molecule has 0 aromatic heterocycles. The smallest absolute Gasteiger partial charge is 0.317 e. The third-order valence-electron chi connectivity index (χ3n) is 3.29. The summed E-state index contributed by atoms with van der Waals surface area (Å²) in [4.78, 5) is 1.49. The van der Waals surface area contributed by atoms with E-state index in [4.69, 9.17) is 0 Å². The zero-order valence-corrected chi connectivity index (χ0v) is 8.19. The lowest BCUT2D eigenvalue weighted by Gasteiger charge is -2.59. The molecule has 0 aromatic carbocycles. The van der Waals surface area contributed by atoms with Crippen LogP contribution < -0.4 is 5.32 Å². The van der Waals surface area contributed by atoms with Crippen molar-refractivity contribution >= 4 is 0 Å². The van der Waals surface area contributed by atoms with Crippen LogP contribution in [0.1, 0.15) is 12.8 Å². The van der Waals surface area contributed by atoms with Gasteiger partial charge in [-0.05, 0) is 25.3 Å². The van der Waals surface area contributed by atoms with Gasteiger partial charge in [0.15, 0.2) is 0 Å². The molecular formula is C9H15F3N2. The van der Waals surface area contributed by atoms with E-state index in [2.05, 4.69) is 5.32 Å². The SMILES string of the molecule is CNC1CC2(C1)CN(CC(F)(F)F)C2. The molecule has 1 saturated carbocycles. The Kier molecular flexibility index (Phi) is 2.27. The standard InChI is InChI=1S/C9H15F3N2/c1-13-7-2-8(3-7)4-14(5-8)6-9(10,11)12/h7,13H,2-6H2,1H3. The van der Waals surface area contributed by atoms with E-state index in [-0.39, 0.29) is 5.41 Å².